The summed E-state index contributed by atoms with van der Waals surface area (Å²) in [7, 11) is 5.97. The topological polar surface area (TPSA) is 119 Å². The second-order valence-corrected chi connectivity index (χ2v) is 11.9. The second kappa shape index (κ2) is 14.0. The quantitative estimate of drug-likeness (QED) is 0.263. The molecule has 1 saturated carbocycles. The van der Waals surface area contributed by atoms with Crippen molar-refractivity contribution >= 4 is 35.0 Å². The van der Waals surface area contributed by atoms with Crippen LogP contribution in [0.25, 0.3) is 0 Å². The van der Waals surface area contributed by atoms with Crippen LogP contribution in [0.4, 0.5) is 26.4 Å². The summed E-state index contributed by atoms with van der Waals surface area (Å²) in [5.74, 6) is 0.166. The molecule has 12 heteroatoms. The highest BCUT2D eigenvalue weighted by Crippen LogP contribution is 2.47. The molecule has 1 aliphatic heterocycles. The summed E-state index contributed by atoms with van der Waals surface area (Å²) in [6.07, 6.45) is 4.28. The number of urea groups is 1. The first-order valence-electron chi connectivity index (χ1n) is 15.1. The van der Waals surface area contributed by atoms with E-state index < -0.39 is 23.0 Å². The number of nitrogens with zero attached hydrogens (tertiary/aromatic N) is 4. The van der Waals surface area contributed by atoms with Gasteiger partial charge in [-0.1, -0.05) is 0 Å². The molecule has 5 rings (SSSR count). The summed E-state index contributed by atoms with van der Waals surface area (Å²) in [6.45, 7) is 3.98. The lowest BCUT2D eigenvalue weighted by Crippen LogP contribution is -2.48. The molecular weight excluding hydrogens is 577 g/mol. The summed E-state index contributed by atoms with van der Waals surface area (Å²) in [4.78, 5) is 49.4. The molecule has 3 aromatic rings. The zero-order valence-corrected chi connectivity index (χ0v) is 25.9. The van der Waals surface area contributed by atoms with Crippen molar-refractivity contribution in [3.63, 3.8) is 0 Å². The standard InChI is InChI=1S/C33H40FN7O4/c1-39(2)20-21-41-18-13-26(14-19-41)40(3)32(44)38-29-22-28(12-17-35-29)45-27-10-8-25(9-11-27)37-31(43)33(15-16-33)30(42)36-24-6-4-23(34)5-7-24/h4-12,17,22,26H,13-16,18-21H2,1-3H3,(H,36,42)(H,37,43)(H,35,38,44). The number of pyridine rings is 1. The highest BCUT2D eigenvalue weighted by molar-refractivity contribution is 6.16. The van der Waals surface area contributed by atoms with E-state index in [1.165, 1.54) is 24.3 Å². The fourth-order valence-electron chi connectivity index (χ4n) is 5.24. The maximum atomic E-state index is 13.2. The van der Waals surface area contributed by atoms with E-state index in [9.17, 15) is 18.8 Å². The van der Waals surface area contributed by atoms with Gasteiger partial charge in [-0.15, -0.1) is 0 Å². The molecule has 2 aromatic carbocycles. The van der Waals surface area contributed by atoms with E-state index in [1.807, 2.05) is 7.05 Å². The largest absolute Gasteiger partial charge is 0.457 e. The highest BCUT2D eigenvalue weighted by Gasteiger charge is 2.56. The Kier molecular flexibility index (Phi) is 9.94. The number of anilines is 3. The predicted molar refractivity (Wildman–Crippen MR) is 171 cm³/mol. The maximum Gasteiger partial charge on any atom is 0.323 e. The van der Waals surface area contributed by atoms with Crippen molar-refractivity contribution in [2.75, 3.05) is 63.3 Å². The zero-order valence-electron chi connectivity index (χ0n) is 25.9. The third kappa shape index (κ3) is 8.34. The number of carbonyl (C=O) groups excluding carboxylic acids is 3. The fourth-order valence-corrected chi connectivity index (χ4v) is 5.24. The van der Waals surface area contributed by atoms with Crippen molar-refractivity contribution in [3.05, 3.63) is 72.7 Å². The summed E-state index contributed by atoms with van der Waals surface area (Å²) >= 11 is 0. The molecule has 45 heavy (non-hydrogen) atoms. The van der Waals surface area contributed by atoms with Crippen molar-refractivity contribution in [3.8, 4) is 11.5 Å². The van der Waals surface area contributed by atoms with Crippen LogP contribution in [0, 0.1) is 11.2 Å². The SMILES string of the molecule is CN(C)CCN1CCC(N(C)C(=O)Nc2cc(Oc3ccc(NC(=O)C4(C(=O)Nc5ccc(F)cc5)CC4)cc3)ccn2)CC1. The minimum atomic E-state index is -1.15. The minimum absolute atomic E-state index is 0.165. The summed E-state index contributed by atoms with van der Waals surface area (Å²) < 4.78 is 19.1. The van der Waals surface area contributed by atoms with Gasteiger partial charge in [-0.2, -0.15) is 0 Å². The normalized spacial score (nSPS) is 16.1. The first-order valence-corrected chi connectivity index (χ1v) is 15.1. The molecule has 0 radical (unpaired) electrons. The Hall–Kier alpha value is -4.55. The number of hydrogen-bond donors (Lipinski definition) is 3. The smallest absolute Gasteiger partial charge is 0.323 e. The zero-order chi connectivity index (χ0) is 32.0. The maximum absolute atomic E-state index is 13.2. The molecular formula is C33H40FN7O4. The minimum Gasteiger partial charge on any atom is -0.457 e. The molecule has 0 spiro atoms. The number of aromatic nitrogens is 1. The molecule has 1 aromatic heterocycles. The molecule has 2 aliphatic rings. The van der Waals surface area contributed by atoms with Crippen molar-refractivity contribution < 1.29 is 23.5 Å². The molecule has 0 atom stereocenters. The van der Waals surface area contributed by atoms with E-state index in [1.54, 1.807) is 47.5 Å². The van der Waals surface area contributed by atoms with Gasteiger partial charge in [0.25, 0.3) is 0 Å². The van der Waals surface area contributed by atoms with E-state index in [4.69, 9.17) is 4.74 Å². The predicted octanol–water partition coefficient (Wildman–Crippen LogP) is 4.86. The van der Waals surface area contributed by atoms with Crippen LogP contribution in [-0.4, -0.2) is 90.9 Å². The molecule has 1 aliphatic carbocycles. The van der Waals surface area contributed by atoms with Gasteiger partial charge < -0.3 is 30.1 Å². The van der Waals surface area contributed by atoms with Gasteiger partial charge in [0.15, 0.2) is 0 Å². The number of amides is 4. The van der Waals surface area contributed by atoms with Crippen molar-refractivity contribution in [2.45, 2.75) is 31.7 Å². The number of hydrogen-bond acceptors (Lipinski definition) is 7. The second-order valence-electron chi connectivity index (χ2n) is 11.9. The highest BCUT2D eigenvalue weighted by atomic mass is 19.1. The molecule has 2 fully saturated rings. The summed E-state index contributed by atoms with van der Waals surface area (Å²) in [6, 6.07) is 15.5. The van der Waals surface area contributed by atoms with Gasteiger partial charge >= 0.3 is 6.03 Å². The number of ether oxygens (including phenoxy) is 1. The van der Waals surface area contributed by atoms with E-state index >= 15 is 0 Å². The van der Waals surface area contributed by atoms with Gasteiger partial charge in [0.2, 0.25) is 11.8 Å². The van der Waals surface area contributed by atoms with E-state index in [0.29, 0.717) is 41.5 Å². The van der Waals surface area contributed by atoms with Crippen molar-refractivity contribution in [1.29, 1.82) is 0 Å². The summed E-state index contributed by atoms with van der Waals surface area (Å²) in [5, 5.41) is 8.38. The lowest BCUT2D eigenvalue weighted by atomic mass is 10.0. The Balaban J connectivity index is 1.10. The number of likely N-dealkylation sites (N-methyl/N-ethyl adjacent to an activating group) is 1. The third-order valence-corrected chi connectivity index (χ3v) is 8.32. The van der Waals surface area contributed by atoms with Crippen LogP contribution >= 0.6 is 0 Å². The number of nitrogens with one attached hydrogen (secondary N) is 3. The van der Waals surface area contributed by atoms with Crippen LogP contribution in [0.15, 0.2) is 66.9 Å². The molecule has 11 nitrogen and oxygen atoms in total. The molecule has 1 saturated heterocycles. The molecule has 2 heterocycles. The van der Waals surface area contributed by atoms with E-state index in [2.05, 4.69) is 44.8 Å². The van der Waals surface area contributed by atoms with Gasteiger partial charge in [-0.25, -0.2) is 14.2 Å². The van der Waals surface area contributed by atoms with Crippen LogP contribution in [0.1, 0.15) is 25.7 Å². The van der Waals surface area contributed by atoms with Crippen LogP contribution in [0.3, 0.4) is 0 Å². The van der Waals surface area contributed by atoms with Crippen LogP contribution in [0.2, 0.25) is 0 Å². The van der Waals surface area contributed by atoms with Gasteiger partial charge in [0.1, 0.15) is 28.5 Å². The Morgan fingerprint density at radius 1 is 0.889 bits per heavy atom. The van der Waals surface area contributed by atoms with Crippen molar-refractivity contribution in [2.24, 2.45) is 5.41 Å². The number of halogens is 1. The van der Waals surface area contributed by atoms with Gasteiger partial charge in [0, 0.05) is 62.9 Å². The Bertz CT molecular complexity index is 1490. The molecule has 0 bridgehead atoms. The third-order valence-electron chi connectivity index (χ3n) is 8.32. The van der Waals surface area contributed by atoms with Gasteiger partial charge in [-0.3, -0.25) is 14.9 Å². The van der Waals surface area contributed by atoms with Gasteiger partial charge in [-0.05, 0) is 94.4 Å². The number of likely N-dealkylation sites (tertiary alicyclic amines) is 1. The van der Waals surface area contributed by atoms with E-state index in [0.717, 1.165) is 39.0 Å². The van der Waals surface area contributed by atoms with Crippen LogP contribution < -0.4 is 20.7 Å². The number of carbonyl (C=O) groups is 3. The average molecular weight is 618 g/mol. The summed E-state index contributed by atoms with van der Waals surface area (Å²) in [5.41, 5.74) is -0.208. The lowest BCUT2D eigenvalue weighted by molar-refractivity contribution is -0.131. The number of piperidine rings is 1. The monoisotopic (exact) mass is 617 g/mol. The number of benzene rings is 2. The molecule has 0 unspecified atom stereocenters. The molecule has 238 valence electrons. The number of rotatable bonds is 11. The molecule has 3 N–H and O–H groups in total. The van der Waals surface area contributed by atoms with Crippen molar-refractivity contribution in [1.82, 2.24) is 19.7 Å². The van der Waals surface area contributed by atoms with Crippen LogP contribution in [-0.2, 0) is 9.59 Å². The Morgan fingerprint density at radius 2 is 1.49 bits per heavy atom. The lowest BCUT2D eigenvalue weighted by Gasteiger charge is -2.37. The first-order chi connectivity index (χ1) is 21.6. The molecule has 4 amide bonds. The Labute approximate surface area is 262 Å². The Morgan fingerprint density at radius 3 is 2.07 bits per heavy atom. The first kappa shape index (κ1) is 31.9. The fraction of sp³-hybridized carbons (Fsp3) is 0.394. The average Bonchev–Trinajstić information content (AvgIpc) is 3.85. The van der Waals surface area contributed by atoms with E-state index in [-0.39, 0.29) is 12.1 Å². The van der Waals surface area contributed by atoms with Crippen LogP contribution in [0.5, 0.6) is 11.5 Å². The van der Waals surface area contributed by atoms with Gasteiger partial charge in [0.05, 0.1) is 0 Å².